The summed E-state index contributed by atoms with van der Waals surface area (Å²) in [7, 11) is -10.6. The molecule has 16 heavy (non-hydrogen) atoms. The monoisotopic (exact) mass is 289 g/mol. The van der Waals surface area contributed by atoms with E-state index in [9.17, 15) is 14.2 Å². The summed E-state index contributed by atoms with van der Waals surface area (Å²) in [6.45, 7) is -0.0394. The average Bonchev–Trinajstić information content (AvgIpc) is 1.95. The molecule has 0 bridgehead atoms. The molecule has 0 aromatic heterocycles. The van der Waals surface area contributed by atoms with Crippen molar-refractivity contribution in [3.05, 3.63) is 0 Å². The first-order chi connectivity index (χ1) is 6.06. The van der Waals surface area contributed by atoms with E-state index in [0.717, 1.165) is 0 Å². The summed E-state index contributed by atoms with van der Waals surface area (Å²) in [4.78, 5) is 34.5. The van der Waals surface area contributed by atoms with Crippen LogP contribution in [0, 0.1) is 0 Å². The van der Waals surface area contributed by atoms with E-state index >= 15 is 0 Å². The zero-order valence-corrected chi connectivity index (χ0v) is 12.4. The molecule has 0 unspecified atom stereocenters. The summed E-state index contributed by atoms with van der Waals surface area (Å²) in [5, 5.41) is 5.91. The maximum absolute atomic E-state index is 10.7. The minimum Gasteiger partial charge on any atom is -0.870 e. The first-order valence-electron chi connectivity index (χ1n) is 3.60. The van der Waals surface area contributed by atoms with E-state index in [-0.39, 0.29) is 48.0 Å². The van der Waals surface area contributed by atoms with Crippen LogP contribution in [0.5, 0.6) is 0 Å². The molecule has 9 nitrogen and oxygen atoms in total. The van der Waals surface area contributed by atoms with Crippen molar-refractivity contribution in [1.29, 1.82) is 0 Å². The van der Waals surface area contributed by atoms with E-state index in [0.29, 0.717) is 0 Å². The Balaban J connectivity index is -0.000000845. The molecular weight excluding hydrogens is 275 g/mol. The number of hydrogen-bond donors (Lipinski definition) is 6. The normalized spacial score (nSPS) is 12.6. The fourth-order valence-corrected chi connectivity index (χ4v) is 3.06. The van der Waals surface area contributed by atoms with Gasteiger partial charge in [-0.15, -0.1) is 0 Å². The average molecular weight is 289 g/mol. The second kappa shape index (κ2) is 7.58. The smallest absolute Gasteiger partial charge is 0.870 e. The topological polar surface area (TPSA) is 191 Å². The molecule has 0 radical (unpaired) electrons. The van der Waals surface area contributed by atoms with Crippen molar-refractivity contribution in [2.45, 2.75) is 17.9 Å². The predicted molar refractivity (Wildman–Crippen MR) is 49.3 cm³/mol. The molecule has 0 aromatic rings. The number of hydrogen-bond acceptors (Lipinski definition) is 5. The summed E-state index contributed by atoms with van der Waals surface area (Å²) in [5.74, 6) is 0. The predicted octanol–water partition coefficient (Wildman–Crippen LogP) is -4.45. The summed E-state index contributed by atoms with van der Waals surface area (Å²) in [6.07, 6.45) is -0.856. The molecule has 0 saturated heterocycles. The van der Waals surface area contributed by atoms with Gasteiger partial charge in [0.25, 0.3) is 5.08 Å². The van der Waals surface area contributed by atoms with Crippen LogP contribution in [0.4, 0.5) is 0 Å². The largest absolute Gasteiger partial charge is 1.00 e. The molecule has 0 saturated carbocycles. The van der Waals surface area contributed by atoms with Crippen LogP contribution >= 0.6 is 15.2 Å². The number of aliphatic hydroxyl groups is 1. The van der Waals surface area contributed by atoms with Crippen molar-refractivity contribution in [3.8, 4) is 0 Å². The van der Waals surface area contributed by atoms with Crippen molar-refractivity contribution in [1.82, 2.24) is 0 Å². The maximum atomic E-state index is 10.7. The van der Waals surface area contributed by atoms with Gasteiger partial charge in [0, 0.05) is 6.42 Å². The first-order valence-corrected chi connectivity index (χ1v) is 6.82. The number of nitrogens with two attached hydrogens (primary N) is 1. The quantitative estimate of drug-likeness (QED) is 0.214. The Morgan fingerprint density at radius 3 is 1.56 bits per heavy atom. The Kier molecular flexibility index (Phi) is 10.6. The zero-order valence-electron chi connectivity index (χ0n) is 8.59. The van der Waals surface area contributed by atoms with Crippen LogP contribution < -0.4 is 35.3 Å². The third-order valence-corrected chi connectivity index (χ3v) is 5.53. The van der Waals surface area contributed by atoms with Gasteiger partial charge in [0.2, 0.25) is 0 Å². The second-order valence-corrected chi connectivity index (χ2v) is 6.76. The Hall–Kier alpha value is 1.18. The van der Waals surface area contributed by atoms with Crippen LogP contribution in [0.3, 0.4) is 0 Å². The van der Waals surface area contributed by atoms with E-state index in [2.05, 4.69) is 0 Å². The van der Waals surface area contributed by atoms with Gasteiger partial charge in [0.1, 0.15) is 0 Å². The summed E-state index contributed by atoms with van der Waals surface area (Å²) >= 11 is 0. The minimum atomic E-state index is -5.30. The SMILES string of the molecule is NCCCC(O)(P(=O)(O)O)P(=O)(O)O.[Na+].[OH-]. The van der Waals surface area contributed by atoms with E-state index in [1.165, 1.54) is 0 Å². The van der Waals surface area contributed by atoms with Crippen LogP contribution in [-0.4, -0.2) is 41.8 Å². The Bertz CT molecular complexity index is 264. The molecule has 0 aliphatic heterocycles. The third-order valence-electron chi connectivity index (χ3n) is 1.65. The zero-order chi connectivity index (χ0) is 11.6. The molecule has 0 amide bonds. The maximum Gasteiger partial charge on any atom is 1.00 e. The van der Waals surface area contributed by atoms with Crippen molar-refractivity contribution < 1.29 is 68.8 Å². The van der Waals surface area contributed by atoms with E-state index in [1.807, 2.05) is 0 Å². The van der Waals surface area contributed by atoms with Gasteiger partial charge < -0.3 is 35.9 Å². The van der Waals surface area contributed by atoms with Crippen molar-refractivity contribution in [3.63, 3.8) is 0 Å². The van der Waals surface area contributed by atoms with Crippen LogP contribution in [0.1, 0.15) is 12.8 Å². The molecule has 0 fully saturated rings. The molecule has 12 heteroatoms. The van der Waals surface area contributed by atoms with E-state index < -0.39 is 26.7 Å². The van der Waals surface area contributed by atoms with Crippen molar-refractivity contribution in [2.75, 3.05) is 6.54 Å². The summed E-state index contributed by atoms with van der Waals surface area (Å²) in [6, 6.07) is 0. The van der Waals surface area contributed by atoms with Crippen LogP contribution in [0.15, 0.2) is 0 Å². The molecule has 8 N–H and O–H groups in total. The van der Waals surface area contributed by atoms with Gasteiger partial charge >= 0.3 is 44.7 Å². The molecule has 0 spiro atoms. The molecule has 0 rings (SSSR count). The van der Waals surface area contributed by atoms with Crippen molar-refractivity contribution >= 4 is 15.2 Å². The molecule has 0 aliphatic rings. The first kappa shape index (κ1) is 22.4. The van der Waals surface area contributed by atoms with Gasteiger partial charge in [-0.3, -0.25) is 9.13 Å². The Labute approximate surface area is 114 Å². The van der Waals surface area contributed by atoms with Gasteiger partial charge in [-0.1, -0.05) is 0 Å². The van der Waals surface area contributed by atoms with Crippen LogP contribution in [0.25, 0.3) is 0 Å². The third kappa shape index (κ3) is 5.22. The summed E-state index contributed by atoms with van der Waals surface area (Å²) in [5.41, 5.74) is 5.01. The standard InChI is InChI=1S/C4H13NO7P2.Na.H2O/c5-3-1-2-4(6,13(7,8)9)14(10,11)12;;/h6H,1-3,5H2,(H2,7,8,9)(H2,10,11,12);;1H2/q;+1;/p-1. The molecule has 0 aliphatic carbocycles. The van der Waals surface area contributed by atoms with Crippen LogP contribution in [-0.2, 0) is 9.13 Å². The van der Waals surface area contributed by atoms with Gasteiger partial charge in [0.15, 0.2) is 0 Å². The molecule has 0 aromatic carbocycles. The van der Waals surface area contributed by atoms with E-state index in [4.69, 9.17) is 25.3 Å². The molecule has 0 atom stereocenters. The van der Waals surface area contributed by atoms with Crippen LogP contribution in [0.2, 0.25) is 0 Å². The van der Waals surface area contributed by atoms with Crippen molar-refractivity contribution in [2.24, 2.45) is 5.73 Å². The van der Waals surface area contributed by atoms with Gasteiger partial charge in [0.05, 0.1) is 0 Å². The molecule has 94 valence electrons. The van der Waals surface area contributed by atoms with Gasteiger partial charge in [-0.05, 0) is 13.0 Å². The Morgan fingerprint density at radius 2 is 1.38 bits per heavy atom. The summed E-state index contributed by atoms with van der Waals surface area (Å²) < 4.78 is 21.4. The molecule has 0 heterocycles. The van der Waals surface area contributed by atoms with E-state index in [1.54, 1.807) is 0 Å². The fraction of sp³-hybridized carbons (Fsp3) is 1.00. The molecular formula is C4H14NNaO8P2. The fourth-order valence-electron chi connectivity index (χ4n) is 0.800. The minimum absolute atomic E-state index is 0. The number of rotatable bonds is 5. The van der Waals surface area contributed by atoms with Gasteiger partial charge in [-0.2, -0.15) is 0 Å². The Morgan fingerprint density at radius 1 is 1.06 bits per heavy atom. The van der Waals surface area contributed by atoms with Gasteiger partial charge in [-0.25, -0.2) is 0 Å². The second-order valence-electron chi connectivity index (χ2n) is 2.75.